The highest BCUT2D eigenvalue weighted by Crippen LogP contribution is 2.39. The minimum Gasteiger partial charge on any atom is -0.453 e. The molecule has 184 valence electrons. The first-order valence-electron chi connectivity index (χ1n) is 11.8. The number of hydrogen-bond acceptors (Lipinski definition) is 8. The minimum atomic E-state index is -0.511. The first-order chi connectivity index (χ1) is 17.6. The number of pyridine rings is 2. The van der Waals surface area contributed by atoms with Crippen molar-refractivity contribution in [2.75, 3.05) is 26.4 Å². The molecule has 3 aromatic heterocycles. The van der Waals surface area contributed by atoms with Crippen molar-refractivity contribution in [3.63, 3.8) is 0 Å². The number of carbonyl (C=O) groups excluding carboxylic acids is 1. The summed E-state index contributed by atoms with van der Waals surface area (Å²) in [6.07, 6.45) is 3.69. The summed E-state index contributed by atoms with van der Waals surface area (Å²) in [6, 6.07) is 12.2. The van der Waals surface area contributed by atoms with E-state index >= 15 is 0 Å². The Hall–Kier alpha value is -3.24. The zero-order valence-corrected chi connectivity index (χ0v) is 20.1. The van der Waals surface area contributed by atoms with Crippen LogP contribution in [0.5, 0.6) is 11.5 Å². The predicted molar refractivity (Wildman–Crippen MR) is 132 cm³/mol. The van der Waals surface area contributed by atoms with Gasteiger partial charge in [-0.3, -0.25) is 14.8 Å². The summed E-state index contributed by atoms with van der Waals surface area (Å²) in [4.78, 5) is 22.1. The third-order valence-corrected chi connectivity index (χ3v) is 7.31. The largest absolute Gasteiger partial charge is 0.453 e. The molecule has 2 fully saturated rings. The van der Waals surface area contributed by atoms with Gasteiger partial charge in [0.05, 0.1) is 47.2 Å². The van der Waals surface area contributed by atoms with E-state index in [2.05, 4.69) is 9.97 Å². The molecule has 2 aliphatic rings. The summed E-state index contributed by atoms with van der Waals surface area (Å²) in [5, 5.41) is 0. The molecule has 0 unspecified atom stereocenters. The topological polar surface area (TPSA) is 79.8 Å². The quantitative estimate of drug-likeness (QED) is 0.313. The molecular formula is C27H23FN2O5S. The number of Topliss-reactive ketones (excluding diaryl/α,β-unsaturated/α-hetero) is 1. The molecule has 0 spiro atoms. The Bertz CT molecular complexity index is 1400. The van der Waals surface area contributed by atoms with Gasteiger partial charge in [-0.1, -0.05) is 12.1 Å². The molecule has 4 aromatic rings. The smallest absolute Gasteiger partial charge is 0.185 e. The lowest BCUT2D eigenvalue weighted by molar-refractivity contribution is -0.123. The zero-order chi connectivity index (χ0) is 24.5. The number of carbonyl (C=O) groups is 1. The second-order valence-electron chi connectivity index (χ2n) is 8.87. The van der Waals surface area contributed by atoms with Gasteiger partial charge in [-0.25, -0.2) is 4.39 Å². The van der Waals surface area contributed by atoms with E-state index in [0.29, 0.717) is 50.1 Å². The fraction of sp³-hybridized carbons (Fsp3) is 0.296. The van der Waals surface area contributed by atoms with Crippen molar-refractivity contribution in [2.45, 2.75) is 19.1 Å². The molecule has 0 saturated carbocycles. The van der Waals surface area contributed by atoms with Gasteiger partial charge in [0.1, 0.15) is 11.5 Å². The average molecular weight is 507 g/mol. The summed E-state index contributed by atoms with van der Waals surface area (Å²) in [7, 11) is 0. The second-order valence-corrected chi connectivity index (χ2v) is 9.93. The van der Waals surface area contributed by atoms with Crippen molar-refractivity contribution in [1.82, 2.24) is 9.97 Å². The van der Waals surface area contributed by atoms with Crippen LogP contribution in [-0.4, -0.2) is 42.2 Å². The molecular weight excluding hydrogens is 483 g/mol. The van der Waals surface area contributed by atoms with Gasteiger partial charge >= 0.3 is 0 Å². The molecule has 1 aromatic carbocycles. The summed E-state index contributed by atoms with van der Waals surface area (Å²) in [6.45, 7) is 2.41. The number of rotatable bonds is 8. The lowest BCUT2D eigenvalue weighted by Crippen LogP contribution is -2.30. The van der Waals surface area contributed by atoms with E-state index in [-0.39, 0.29) is 24.2 Å². The predicted octanol–water partition coefficient (Wildman–Crippen LogP) is 5.48. The molecule has 2 aliphatic heterocycles. The molecule has 0 amide bonds. The minimum absolute atomic E-state index is 0.0864. The van der Waals surface area contributed by atoms with Crippen LogP contribution in [-0.2, 0) is 25.4 Å². The standard InChI is InChI=1S/C27H23FN2O5S/c28-20-11-16(9-19(31)10-17-14-32-15-17)1-4-23(20)35-24-5-6-29-22-12-25(36-26(22)24)21-3-2-18(13-30-21)27-33-7-8-34-27/h1-6,11-13,17,27H,7-10,14-15H2. The Morgan fingerprint density at radius 1 is 1.06 bits per heavy atom. The SMILES string of the molecule is O=C(Cc1ccc(Oc2ccnc3cc(-c4ccc(C5OCCO5)cn4)sc23)c(F)c1)CC1COC1. The maximum absolute atomic E-state index is 14.9. The van der Waals surface area contributed by atoms with Crippen LogP contribution in [0.2, 0.25) is 0 Å². The maximum atomic E-state index is 14.9. The zero-order valence-electron chi connectivity index (χ0n) is 19.3. The van der Waals surface area contributed by atoms with Gasteiger partial charge in [0, 0.05) is 42.8 Å². The van der Waals surface area contributed by atoms with Crippen molar-refractivity contribution in [1.29, 1.82) is 0 Å². The van der Waals surface area contributed by atoms with Crippen LogP contribution in [0.4, 0.5) is 4.39 Å². The molecule has 36 heavy (non-hydrogen) atoms. The number of aromatic nitrogens is 2. The number of benzene rings is 1. The number of ketones is 1. The van der Waals surface area contributed by atoms with Crippen LogP contribution in [0, 0.1) is 11.7 Å². The second kappa shape index (κ2) is 10.0. The van der Waals surface area contributed by atoms with Gasteiger partial charge in [0.2, 0.25) is 0 Å². The number of hydrogen-bond donors (Lipinski definition) is 0. The molecule has 0 atom stereocenters. The van der Waals surface area contributed by atoms with E-state index in [1.807, 2.05) is 18.2 Å². The summed E-state index contributed by atoms with van der Waals surface area (Å²) < 4.78 is 37.8. The van der Waals surface area contributed by atoms with E-state index in [1.165, 1.54) is 17.4 Å². The van der Waals surface area contributed by atoms with E-state index in [0.717, 1.165) is 26.4 Å². The van der Waals surface area contributed by atoms with Gasteiger partial charge in [-0.2, -0.15) is 0 Å². The lowest BCUT2D eigenvalue weighted by atomic mass is 9.97. The van der Waals surface area contributed by atoms with Crippen molar-refractivity contribution in [2.24, 2.45) is 5.92 Å². The number of ether oxygens (including phenoxy) is 4. The molecule has 0 radical (unpaired) electrons. The molecule has 6 rings (SSSR count). The highest BCUT2D eigenvalue weighted by atomic mass is 32.1. The van der Waals surface area contributed by atoms with Gasteiger partial charge in [-0.15, -0.1) is 11.3 Å². The van der Waals surface area contributed by atoms with E-state index in [9.17, 15) is 9.18 Å². The summed E-state index contributed by atoms with van der Waals surface area (Å²) >= 11 is 1.48. The normalized spacial score (nSPS) is 16.4. The van der Waals surface area contributed by atoms with Gasteiger partial charge in [0.15, 0.2) is 17.9 Å². The van der Waals surface area contributed by atoms with Crippen LogP contribution in [0.3, 0.4) is 0 Å². The Morgan fingerprint density at radius 3 is 2.64 bits per heavy atom. The van der Waals surface area contributed by atoms with Gasteiger partial charge < -0.3 is 18.9 Å². The summed E-state index contributed by atoms with van der Waals surface area (Å²) in [5.74, 6) is 0.470. The lowest BCUT2D eigenvalue weighted by Gasteiger charge is -2.25. The monoisotopic (exact) mass is 506 g/mol. The molecule has 0 N–H and O–H groups in total. The summed E-state index contributed by atoms with van der Waals surface area (Å²) in [5.41, 5.74) is 3.03. The van der Waals surface area contributed by atoms with E-state index < -0.39 is 5.82 Å². The number of thiophene rings is 1. The highest BCUT2D eigenvalue weighted by Gasteiger charge is 2.22. The molecule has 7 nitrogen and oxygen atoms in total. The maximum Gasteiger partial charge on any atom is 0.185 e. The Labute approximate surface area is 210 Å². The third-order valence-electron chi connectivity index (χ3n) is 6.15. The van der Waals surface area contributed by atoms with E-state index in [4.69, 9.17) is 18.9 Å². The first-order valence-corrected chi connectivity index (χ1v) is 12.6. The Morgan fingerprint density at radius 2 is 1.92 bits per heavy atom. The Kier molecular flexibility index (Phi) is 6.45. The highest BCUT2D eigenvalue weighted by molar-refractivity contribution is 7.22. The molecule has 9 heteroatoms. The van der Waals surface area contributed by atoms with Crippen molar-refractivity contribution >= 4 is 27.3 Å². The number of fused-ring (bicyclic) bond motifs is 1. The van der Waals surface area contributed by atoms with Crippen LogP contribution in [0.15, 0.2) is 54.9 Å². The van der Waals surface area contributed by atoms with Crippen molar-refractivity contribution in [3.8, 4) is 22.1 Å². The van der Waals surface area contributed by atoms with Gasteiger partial charge in [-0.05, 0) is 29.8 Å². The molecule has 5 heterocycles. The average Bonchev–Trinajstić information content (AvgIpc) is 3.54. The molecule has 0 bridgehead atoms. The third kappa shape index (κ3) is 4.87. The van der Waals surface area contributed by atoms with Gasteiger partial charge in [0.25, 0.3) is 0 Å². The van der Waals surface area contributed by atoms with Crippen LogP contribution in [0.1, 0.15) is 23.8 Å². The number of nitrogens with zero attached hydrogens (tertiary/aromatic N) is 2. The van der Waals surface area contributed by atoms with Crippen LogP contribution in [0.25, 0.3) is 20.8 Å². The van der Waals surface area contributed by atoms with Crippen molar-refractivity contribution < 1.29 is 28.1 Å². The van der Waals surface area contributed by atoms with Crippen LogP contribution >= 0.6 is 11.3 Å². The number of halogens is 1. The fourth-order valence-corrected chi connectivity index (χ4v) is 5.28. The molecule has 0 aliphatic carbocycles. The first kappa shape index (κ1) is 23.2. The molecule has 2 saturated heterocycles. The Balaban J connectivity index is 1.19. The fourth-order valence-electron chi connectivity index (χ4n) is 4.24. The van der Waals surface area contributed by atoms with E-state index in [1.54, 1.807) is 30.6 Å². The van der Waals surface area contributed by atoms with Crippen LogP contribution < -0.4 is 4.74 Å². The van der Waals surface area contributed by atoms with Crippen molar-refractivity contribution in [3.05, 3.63) is 71.8 Å².